The summed E-state index contributed by atoms with van der Waals surface area (Å²) in [5.41, 5.74) is 1.73. The van der Waals surface area contributed by atoms with Crippen LogP contribution in [-0.4, -0.2) is 68.7 Å². The first-order chi connectivity index (χ1) is 12.5. The van der Waals surface area contributed by atoms with Crippen molar-refractivity contribution >= 4 is 23.6 Å². The van der Waals surface area contributed by atoms with Crippen molar-refractivity contribution in [1.82, 2.24) is 20.4 Å². The van der Waals surface area contributed by atoms with Gasteiger partial charge in [0.2, 0.25) is 0 Å². The van der Waals surface area contributed by atoms with E-state index in [-0.39, 0.29) is 6.03 Å². The Labute approximate surface area is 157 Å². The number of urea groups is 1. The molecule has 2 aliphatic rings. The van der Waals surface area contributed by atoms with Crippen LogP contribution in [0.15, 0.2) is 35.5 Å². The van der Waals surface area contributed by atoms with Crippen LogP contribution >= 0.6 is 11.6 Å². The molecule has 2 N–H and O–H groups in total. The van der Waals surface area contributed by atoms with Crippen LogP contribution in [0.1, 0.15) is 11.6 Å². The number of hydrogen-bond acceptors (Lipinski definition) is 5. The zero-order valence-corrected chi connectivity index (χ0v) is 15.7. The molecule has 0 radical (unpaired) electrons. The Morgan fingerprint density at radius 3 is 2.69 bits per heavy atom. The van der Waals surface area contributed by atoms with E-state index in [9.17, 15) is 9.59 Å². The third kappa shape index (κ3) is 4.17. The van der Waals surface area contributed by atoms with Gasteiger partial charge in [0.1, 0.15) is 0 Å². The van der Waals surface area contributed by atoms with Crippen LogP contribution in [0.3, 0.4) is 0 Å². The van der Waals surface area contributed by atoms with E-state index in [0.717, 1.165) is 31.7 Å². The van der Waals surface area contributed by atoms with Crippen molar-refractivity contribution in [3.05, 3.63) is 46.1 Å². The molecule has 2 aliphatic heterocycles. The Morgan fingerprint density at radius 2 is 2.04 bits per heavy atom. The molecule has 1 atom stereocenters. The fraction of sp³-hybridized carbons (Fsp3) is 0.444. The molecule has 1 aromatic rings. The van der Waals surface area contributed by atoms with E-state index in [1.807, 2.05) is 6.07 Å². The monoisotopic (exact) mass is 378 g/mol. The van der Waals surface area contributed by atoms with Crippen LogP contribution in [0.5, 0.6) is 0 Å². The van der Waals surface area contributed by atoms with Crippen LogP contribution < -0.4 is 10.6 Å². The third-order valence-electron chi connectivity index (χ3n) is 4.72. The highest BCUT2D eigenvalue weighted by Gasteiger charge is 2.34. The van der Waals surface area contributed by atoms with Crippen LogP contribution in [0, 0.1) is 0 Å². The Bertz CT molecular complexity index is 729. The number of likely N-dealkylation sites (N-methyl/N-ethyl adjacent to an activating group) is 1. The summed E-state index contributed by atoms with van der Waals surface area (Å²) < 4.78 is 5.00. The van der Waals surface area contributed by atoms with Gasteiger partial charge in [0, 0.05) is 43.4 Å². The predicted octanol–water partition coefficient (Wildman–Crippen LogP) is 1.37. The number of nitrogens with one attached hydrogen (secondary N) is 2. The smallest absolute Gasteiger partial charge is 0.338 e. The van der Waals surface area contributed by atoms with Gasteiger partial charge in [-0.2, -0.15) is 0 Å². The number of benzene rings is 1. The molecule has 0 aliphatic carbocycles. The lowest BCUT2D eigenvalue weighted by Crippen LogP contribution is -2.51. The number of amides is 2. The molecule has 0 saturated carbocycles. The number of methoxy groups -OCH3 is 1. The maximum Gasteiger partial charge on any atom is 0.338 e. The average Bonchev–Trinajstić information content (AvgIpc) is 2.62. The SMILES string of the molecule is COC(=O)C1=C(CN2CCN(C)CC2)NC(=O)N[C@H]1c1cccc(Cl)c1. The Morgan fingerprint density at radius 1 is 1.31 bits per heavy atom. The number of piperazine rings is 1. The molecule has 1 fully saturated rings. The van der Waals surface area contributed by atoms with Gasteiger partial charge in [-0.3, -0.25) is 4.90 Å². The normalized spacial score (nSPS) is 22.0. The van der Waals surface area contributed by atoms with Crippen molar-refractivity contribution in [3.63, 3.8) is 0 Å². The van der Waals surface area contributed by atoms with Crippen LogP contribution in [0.25, 0.3) is 0 Å². The molecular weight excluding hydrogens is 356 g/mol. The minimum absolute atomic E-state index is 0.341. The van der Waals surface area contributed by atoms with Gasteiger partial charge in [0.05, 0.1) is 18.7 Å². The zero-order valence-electron chi connectivity index (χ0n) is 14.9. The molecule has 1 saturated heterocycles. The molecule has 2 amide bonds. The highest BCUT2D eigenvalue weighted by atomic mass is 35.5. The van der Waals surface area contributed by atoms with Crippen molar-refractivity contribution < 1.29 is 14.3 Å². The van der Waals surface area contributed by atoms with E-state index >= 15 is 0 Å². The van der Waals surface area contributed by atoms with Gasteiger partial charge in [0.15, 0.2) is 0 Å². The summed E-state index contributed by atoms with van der Waals surface area (Å²) in [5.74, 6) is -0.466. The maximum absolute atomic E-state index is 12.5. The lowest BCUT2D eigenvalue weighted by atomic mass is 9.95. The number of carbonyl (C=O) groups excluding carboxylic acids is 2. The number of rotatable bonds is 4. The minimum atomic E-state index is -0.600. The van der Waals surface area contributed by atoms with Gasteiger partial charge < -0.3 is 20.3 Å². The van der Waals surface area contributed by atoms with E-state index in [1.165, 1.54) is 7.11 Å². The zero-order chi connectivity index (χ0) is 18.7. The molecule has 2 heterocycles. The van der Waals surface area contributed by atoms with Crippen molar-refractivity contribution in [2.75, 3.05) is 46.9 Å². The number of nitrogens with zero attached hydrogens (tertiary/aromatic N) is 2. The number of esters is 1. The van der Waals surface area contributed by atoms with Gasteiger partial charge in [-0.1, -0.05) is 23.7 Å². The van der Waals surface area contributed by atoms with E-state index in [4.69, 9.17) is 16.3 Å². The molecule has 26 heavy (non-hydrogen) atoms. The number of ether oxygens (including phenoxy) is 1. The molecule has 3 rings (SSSR count). The lowest BCUT2D eigenvalue weighted by molar-refractivity contribution is -0.136. The van der Waals surface area contributed by atoms with E-state index < -0.39 is 12.0 Å². The van der Waals surface area contributed by atoms with Gasteiger partial charge in [-0.05, 0) is 24.7 Å². The summed E-state index contributed by atoms with van der Waals surface area (Å²) in [4.78, 5) is 29.2. The van der Waals surface area contributed by atoms with Gasteiger partial charge in [-0.25, -0.2) is 9.59 Å². The van der Waals surface area contributed by atoms with E-state index in [2.05, 4.69) is 27.5 Å². The van der Waals surface area contributed by atoms with Gasteiger partial charge in [-0.15, -0.1) is 0 Å². The van der Waals surface area contributed by atoms with Crippen molar-refractivity contribution in [2.45, 2.75) is 6.04 Å². The van der Waals surface area contributed by atoms with Gasteiger partial charge in [0.25, 0.3) is 0 Å². The molecule has 0 bridgehead atoms. The molecule has 8 heteroatoms. The quantitative estimate of drug-likeness (QED) is 0.774. The Kier molecular flexibility index (Phi) is 5.80. The fourth-order valence-electron chi connectivity index (χ4n) is 3.26. The summed E-state index contributed by atoms with van der Waals surface area (Å²) in [7, 11) is 3.42. The summed E-state index contributed by atoms with van der Waals surface area (Å²) in [6.45, 7) is 4.14. The molecule has 0 aromatic heterocycles. The first-order valence-electron chi connectivity index (χ1n) is 8.53. The highest BCUT2D eigenvalue weighted by Crippen LogP contribution is 2.29. The van der Waals surface area contributed by atoms with Crippen molar-refractivity contribution in [3.8, 4) is 0 Å². The molecule has 0 spiro atoms. The second-order valence-corrected chi connectivity index (χ2v) is 6.99. The minimum Gasteiger partial charge on any atom is -0.466 e. The number of carbonyl (C=O) groups is 2. The lowest BCUT2D eigenvalue weighted by Gasteiger charge is -2.35. The Balaban J connectivity index is 1.95. The standard InChI is InChI=1S/C18H23ClN4O3/c1-22-6-8-23(9-7-22)11-14-15(17(24)26-2)16(21-18(25)20-14)12-4-3-5-13(19)10-12/h3-5,10,16H,6-9,11H2,1-2H3,(H2,20,21,25)/t16-/m0/s1. The van der Waals surface area contributed by atoms with Crippen LogP contribution in [0.4, 0.5) is 4.79 Å². The third-order valence-corrected chi connectivity index (χ3v) is 4.95. The second kappa shape index (κ2) is 8.07. The first kappa shape index (κ1) is 18.7. The maximum atomic E-state index is 12.5. The second-order valence-electron chi connectivity index (χ2n) is 6.55. The summed E-state index contributed by atoms with van der Waals surface area (Å²) in [6.07, 6.45) is 0. The summed E-state index contributed by atoms with van der Waals surface area (Å²) in [6, 6.07) is 6.18. The van der Waals surface area contributed by atoms with E-state index in [1.54, 1.807) is 18.2 Å². The molecule has 7 nitrogen and oxygen atoms in total. The topological polar surface area (TPSA) is 73.9 Å². The van der Waals surface area contributed by atoms with Crippen LogP contribution in [0.2, 0.25) is 5.02 Å². The summed E-state index contributed by atoms with van der Waals surface area (Å²) in [5, 5.41) is 6.14. The number of halogens is 1. The van der Waals surface area contributed by atoms with Crippen molar-refractivity contribution in [2.24, 2.45) is 0 Å². The molecule has 140 valence electrons. The average molecular weight is 379 g/mol. The molecule has 1 aromatic carbocycles. The highest BCUT2D eigenvalue weighted by molar-refractivity contribution is 6.30. The first-order valence-corrected chi connectivity index (χ1v) is 8.91. The molecule has 0 unspecified atom stereocenters. The fourth-order valence-corrected chi connectivity index (χ4v) is 3.46. The largest absolute Gasteiger partial charge is 0.466 e. The molecular formula is C18H23ClN4O3. The predicted molar refractivity (Wildman–Crippen MR) is 98.8 cm³/mol. The Hall–Kier alpha value is -2.09. The van der Waals surface area contributed by atoms with Crippen LogP contribution in [-0.2, 0) is 9.53 Å². The van der Waals surface area contributed by atoms with E-state index in [0.29, 0.717) is 22.8 Å². The number of hydrogen-bond donors (Lipinski definition) is 2. The van der Waals surface area contributed by atoms with Gasteiger partial charge >= 0.3 is 12.0 Å². The summed E-state index contributed by atoms with van der Waals surface area (Å²) >= 11 is 6.09. The van der Waals surface area contributed by atoms with Crippen molar-refractivity contribution in [1.29, 1.82) is 0 Å².